The van der Waals surface area contributed by atoms with Gasteiger partial charge in [-0.1, -0.05) is 42.5 Å². The molecule has 8 heteroatoms. The second-order valence-corrected chi connectivity index (χ2v) is 9.49. The summed E-state index contributed by atoms with van der Waals surface area (Å²) in [5.74, 6) is 0.617. The molecule has 1 N–H and O–H groups in total. The summed E-state index contributed by atoms with van der Waals surface area (Å²) in [6, 6.07) is 25.2. The zero-order valence-electron chi connectivity index (χ0n) is 21.9. The van der Waals surface area contributed by atoms with E-state index in [0.29, 0.717) is 22.7 Å². The van der Waals surface area contributed by atoms with Gasteiger partial charge in [0.2, 0.25) is 12.7 Å². The van der Waals surface area contributed by atoms with Gasteiger partial charge in [0.25, 0.3) is 5.91 Å². The fraction of sp³-hybridized carbons (Fsp3) is 0.194. The molecule has 39 heavy (non-hydrogen) atoms. The van der Waals surface area contributed by atoms with Crippen LogP contribution in [0, 0.1) is 0 Å². The zero-order valence-corrected chi connectivity index (χ0v) is 21.9. The fourth-order valence-corrected chi connectivity index (χ4v) is 4.49. The van der Waals surface area contributed by atoms with E-state index in [2.05, 4.69) is 10.3 Å². The van der Waals surface area contributed by atoms with Crippen LogP contribution in [0.3, 0.4) is 0 Å². The topological polar surface area (TPSA) is 84.0 Å². The van der Waals surface area contributed by atoms with E-state index in [1.807, 2.05) is 85.7 Å². The van der Waals surface area contributed by atoms with Crippen molar-refractivity contribution in [2.45, 2.75) is 19.0 Å². The van der Waals surface area contributed by atoms with Crippen LogP contribution in [0.15, 0.2) is 97.3 Å². The molecule has 0 radical (unpaired) electrons. The number of hydrogen-bond donors (Lipinski definition) is 1. The van der Waals surface area contributed by atoms with Gasteiger partial charge in [0, 0.05) is 44.4 Å². The minimum absolute atomic E-state index is 0.111. The quantitative estimate of drug-likeness (QED) is 0.339. The van der Waals surface area contributed by atoms with Gasteiger partial charge < -0.3 is 24.6 Å². The number of benzene rings is 3. The Morgan fingerprint density at radius 2 is 1.64 bits per heavy atom. The van der Waals surface area contributed by atoms with Crippen molar-refractivity contribution >= 4 is 23.2 Å². The highest BCUT2D eigenvalue weighted by Crippen LogP contribution is 2.36. The number of rotatable bonds is 9. The molecular formula is C31H30N4O4. The Hall–Kier alpha value is -4.85. The molecule has 3 aromatic carbocycles. The molecule has 1 atom stereocenters. The number of hydrogen-bond acceptors (Lipinski definition) is 6. The van der Waals surface area contributed by atoms with Crippen LogP contribution >= 0.6 is 0 Å². The lowest BCUT2D eigenvalue weighted by atomic mass is 10.0. The van der Waals surface area contributed by atoms with Crippen molar-refractivity contribution in [1.29, 1.82) is 0 Å². The van der Waals surface area contributed by atoms with E-state index in [1.54, 1.807) is 35.5 Å². The number of carbonyl (C=O) groups excluding carboxylic acids is 2. The summed E-state index contributed by atoms with van der Waals surface area (Å²) >= 11 is 0. The average Bonchev–Trinajstić information content (AvgIpc) is 3.42. The number of fused-ring (bicyclic) bond motifs is 1. The molecule has 0 aliphatic carbocycles. The van der Waals surface area contributed by atoms with Gasteiger partial charge >= 0.3 is 0 Å². The Morgan fingerprint density at radius 1 is 0.897 bits per heavy atom. The molecule has 0 bridgehead atoms. The number of anilines is 2. The molecule has 1 unspecified atom stereocenters. The van der Waals surface area contributed by atoms with Gasteiger partial charge in [-0.15, -0.1) is 0 Å². The van der Waals surface area contributed by atoms with Crippen LogP contribution in [0.4, 0.5) is 11.4 Å². The molecule has 1 aliphatic heterocycles. The number of amides is 2. The molecule has 0 saturated carbocycles. The second kappa shape index (κ2) is 11.7. The lowest BCUT2D eigenvalue weighted by molar-refractivity contribution is -0.139. The van der Waals surface area contributed by atoms with Crippen LogP contribution in [-0.2, 0) is 22.6 Å². The van der Waals surface area contributed by atoms with Crippen LogP contribution in [0.25, 0.3) is 0 Å². The summed E-state index contributed by atoms with van der Waals surface area (Å²) in [6.45, 7) is 0.311. The molecule has 5 rings (SSSR count). The summed E-state index contributed by atoms with van der Waals surface area (Å²) in [7, 11) is 3.91. The van der Waals surface area contributed by atoms with Gasteiger partial charge in [0.15, 0.2) is 11.5 Å². The van der Waals surface area contributed by atoms with E-state index in [1.165, 1.54) is 0 Å². The Labute approximate surface area is 227 Å². The summed E-state index contributed by atoms with van der Waals surface area (Å²) in [5.41, 5.74) is 3.94. The highest BCUT2D eigenvalue weighted by atomic mass is 16.7. The third-order valence-electron chi connectivity index (χ3n) is 6.52. The maximum absolute atomic E-state index is 14.0. The van der Waals surface area contributed by atoms with Crippen molar-refractivity contribution in [3.8, 4) is 11.5 Å². The Balaban J connectivity index is 1.53. The van der Waals surface area contributed by atoms with Crippen LogP contribution in [0.5, 0.6) is 11.5 Å². The van der Waals surface area contributed by atoms with Crippen LogP contribution in [0.2, 0.25) is 0 Å². The number of pyridine rings is 1. The van der Waals surface area contributed by atoms with Crippen molar-refractivity contribution in [3.05, 3.63) is 114 Å². The Morgan fingerprint density at radius 3 is 2.36 bits per heavy atom. The second-order valence-electron chi connectivity index (χ2n) is 9.49. The van der Waals surface area contributed by atoms with Crippen molar-refractivity contribution < 1.29 is 19.1 Å². The maximum atomic E-state index is 14.0. The van der Waals surface area contributed by atoms with E-state index in [9.17, 15) is 9.59 Å². The first-order valence-corrected chi connectivity index (χ1v) is 12.7. The van der Waals surface area contributed by atoms with Crippen LogP contribution < -0.4 is 19.7 Å². The number of nitrogens with zero attached hydrogens (tertiary/aromatic N) is 3. The summed E-state index contributed by atoms with van der Waals surface area (Å²) in [5, 5.41) is 3.02. The monoisotopic (exact) mass is 522 g/mol. The first kappa shape index (κ1) is 25.8. The highest BCUT2D eigenvalue weighted by molar-refractivity contribution is 5.98. The number of aromatic nitrogens is 1. The predicted octanol–water partition coefficient (Wildman–Crippen LogP) is 4.83. The molecule has 1 aliphatic rings. The van der Waals surface area contributed by atoms with E-state index < -0.39 is 6.04 Å². The third-order valence-corrected chi connectivity index (χ3v) is 6.52. The SMILES string of the molecule is CN(C)c1ccc(NC(=O)C(c2ccc3c(c2)OCO3)N(Cc2cccnc2)C(=O)Cc2ccccc2)cc1. The normalized spacial score (nSPS) is 12.5. The van der Waals surface area contributed by atoms with Crippen molar-refractivity contribution in [2.75, 3.05) is 31.1 Å². The molecule has 2 amide bonds. The predicted molar refractivity (Wildman–Crippen MR) is 150 cm³/mol. The van der Waals surface area contributed by atoms with Gasteiger partial charge in [0.1, 0.15) is 6.04 Å². The van der Waals surface area contributed by atoms with Gasteiger partial charge in [-0.2, -0.15) is 0 Å². The standard InChI is InChI=1S/C31H30N4O4/c1-34(2)26-13-11-25(12-14-26)33-31(37)30(24-10-15-27-28(18-24)39-21-38-27)35(20-23-9-6-16-32-19-23)29(36)17-22-7-4-3-5-8-22/h3-16,18-19,30H,17,20-21H2,1-2H3,(H,33,37). The van der Waals surface area contributed by atoms with E-state index in [0.717, 1.165) is 16.8 Å². The molecular weight excluding hydrogens is 492 g/mol. The first-order chi connectivity index (χ1) is 19.0. The number of nitrogens with one attached hydrogen (secondary N) is 1. The largest absolute Gasteiger partial charge is 0.454 e. The van der Waals surface area contributed by atoms with Gasteiger partial charge in [-0.05, 0) is 59.2 Å². The molecule has 0 spiro atoms. The molecule has 4 aromatic rings. The van der Waals surface area contributed by atoms with Gasteiger partial charge in [-0.25, -0.2) is 0 Å². The molecule has 8 nitrogen and oxygen atoms in total. The van der Waals surface area contributed by atoms with Gasteiger partial charge in [0.05, 0.1) is 6.42 Å². The summed E-state index contributed by atoms with van der Waals surface area (Å²) in [6.07, 6.45) is 3.53. The number of ether oxygens (including phenoxy) is 2. The molecule has 198 valence electrons. The molecule has 2 heterocycles. The van der Waals surface area contributed by atoms with Crippen LogP contribution in [-0.4, -0.2) is 42.6 Å². The lowest BCUT2D eigenvalue weighted by Gasteiger charge is -2.32. The van der Waals surface area contributed by atoms with E-state index in [4.69, 9.17) is 9.47 Å². The lowest BCUT2D eigenvalue weighted by Crippen LogP contribution is -2.41. The summed E-state index contributed by atoms with van der Waals surface area (Å²) in [4.78, 5) is 35.7. The molecule has 1 aromatic heterocycles. The molecule has 0 fully saturated rings. The van der Waals surface area contributed by atoms with Crippen LogP contribution in [0.1, 0.15) is 22.7 Å². The zero-order chi connectivity index (χ0) is 27.2. The fourth-order valence-electron chi connectivity index (χ4n) is 4.49. The first-order valence-electron chi connectivity index (χ1n) is 12.7. The van der Waals surface area contributed by atoms with Crippen molar-refractivity contribution in [3.63, 3.8) is 0 Å². The molecule has 0 saturated heterocycles. The van der Waals surface area contributed by atoms with E-state index >= 15 is 0 Å². The summed E-state index contributed by atoms with van der Waals surface area (Å²) < 4.78 is 11.1. The Bertz CT molecular complexity index is 1430. The Kier molecular flexibility index (Phi) is 7.73. The average molecular weight is 523 g/mol. The minimum Gasteiger partial charge on any atom is -0.454 e. The minimum atomic E-state index is -0.940. The van der Waals surface area contributed by atoms with Crippen molar-refractivity contribution in [2.24, 2.45) is 0 Å². The van der Waals surface area contributed by atoms with Gasteiger partial charge in [-0.3, -0.25) is 14.6 Å². The van der Waals surface area contributed by atoms with Crippen molar-refractivity contribution in [1.82, 2.24) is 9.88 Å². The maximum Gasteiger partial charge on any atom is 0.251 e. The van der Waals surface area contributed by atoms with E-state index in [-0.39, 0.29) is 31.6 Å². The third kappa shape index (κ3) is 6.18. The highest BCUT2D eigenvalue weighted by Gasteiger charge is 2.33. The smallest absolute Gasteiger partial charge is 0.251 e. The number of carbonyl (C=O) groups is 2.